The van der Waals surface area contributed by atoms with E-state index >= 15 is 0 Å². The molecule has 9 heavy (non-hydrogen) atoms. The first kappa shape index (κ1) is 33.9. The largest absolute Gasteiger partial charge is 0.822 e. The van der Waals surface area contributed by atoms with Gasteiger partial charge in [0, 0.05) is 17.1 Å². The van der Waals surface area contributed by atoms with Crippen LogP contribution in [0.25, 0.3) is 0 Å². The van der Waals surface area contributed by atoms with Crippen molar-refractivity contribution in [3.05, 3.63) is 0 Å². The molecule has 0 aliphatic carbocycles. The summed E-state index contributed by atoms with van der Waals surface area (Å²) >= 11 is 0. The first-order valence-corrected chi connectivity index (χ1v) is 2.19. The molecule has 0 amide bonds. The Morgan fingerprint density at radius 1 is 0.889 bits per heavy atom. The SMILES string of the molecule is O.O.O.O=P([O-])([O-])[O-].[Cu]. The van der Waals surface area contributed by atoms with Crippen LogP contribution in [0, 0.1) is 0 Å². The van der Waals surface area contributed by atoms with Crippen molar-refractivity contribution in [1.82, 2.24) is 0 Å². The third-order valence-electron chi connectivity index (χ3n) is 0. The second-order valence-corrected chi connectivity index (χ2v) is 1.34. The van der Waals surface area contributed by atoms with E-state index < -0.39 is 7.82 Å². The molecule has 67 valence electrons. The van der Waals surface area contributed by atoms with Gasteiger partial charge in [-0.15, -0.1) is 0 Å². The van der Waals surface area contributed by atoms with E-state index in [1.807, 2.05) is 0 Å². The van der Waals surface area contributed by atoms with Crippen molar-refractivity contribution >= 4 is 7.82 Å². The zero-order valence-electron chi connectivity index (χ0n) is 3.88. The van der Waals surface area contributed by atoms with Gasteiger partial charge >= 0.3 is 0 Å². The van der Waals surface area contributed by atoms with E-state index in [1.165, 1.54) is 0 Å². The van der Waals surface area contributed by atoms with Crippen molar-refractivity contribution in [2.45, 2.75) is 0 Å². The molecule has 1 radical (unpaired) electrons. The molecular formula is H6CuO7P-3. The third kappa shape index (κ3) is 1390. The summed E-state index contributed by atoms with van der Waals surface area (Å²) in [6.45, 7) is 0. The van der Waals surface area contributed by atoms with E-state index in [4.69, 9.17) is 19.2 Å². The molecule has 0 unspecified atom stereocenters. The first-order valence-electron chi connectivity index (χ1n) is 0.730. The molecule has 0 aromatic heterocycles. The Labute approximate surface area is 61.3 Å². The van der Waals surface area contributed by atoms with Crippen LogP contribution in [0.3, 0.4) is 0 Å². The standard InChI is InChI=1S/Cu.H3O4P.3H2O/c;1-5(2,3)4;;;/h;(H3,1,2,3,4);3*1H2/p-3. The van der Waals surface area contributed by atoms with Crippen molar-refractivity contribution < 1.29 is 52.7 Å². The molecule has 0 aromatic rings. The molecule has 0 aromatic carbocycles. The van der Waals surface area contributed by atoms with Gasteiger partial charge in [0.1, 0.15) is 0 Å². The van der Waals surface area contributed by atoms with Crippen molar-refractivity contribution in [3.63, 3.8) is 0 Å². The van der Waals surface area contributed by atoms with Crippen LogP contribution in [0.2, 0.25) is 0 Å². The molecule has 0 rings (SSSR count). The van der Waals surface area contributed by atoms with E-state index in [2.05, 4.69) is 0 Å². The Kier molecular flexibility index (Phi) is 42.6. The number of hydrogen-bond donors (Lipinski definition) is 0. The average molecular weight is 213 g/mol. The summed E-state index contributed by atoms with van der Waals surface area (Å²) in [7, 11) is -5.39. The van der Waals surface area contributed by atoms with Crippen LogP contribution in [0.5, 0.6) is 0 Å². The third-order valence-corrected chi connectivity index (χ3v) is 0. The molecule has 9 heteroatoms. The zero-order valence-corrected chi connectivity index (χ0v) is 5.72. The number of rotatable bonds is 0. The van der Waals surface area contributed by atoms with E-state index in [0.717, 1.165) is 0 Å². The minimum Gasteiger partial charge on any atom is -0.822 e. The predicted molar refractivity (Wildman–Crippen MR) is 18.4 cm³/mol. The molecule has 0 bridgehead atoms. The quantitative estimate of drug-likeness (QED) is 0.287. The summed E-state index contributed by atoms with van der Waals surface area (Å²) in [5.74, 6) is 0. The minimum absolute atomic E-state index is 0. The maximum atomic E-state index is 8.55. The molecule has 0 aliphatic rings. The van der Waals surface area contributed by atoms with Crippen LogP contribution in [-0.2, 0) is 21.6 Å². The van der Waals surface area contributed by atoms with Crippen LogP contribution < -0.4 is 14.7 Å². The van der Waals surface area contributed by atoms with Crippen LogP contribution in [0.1, 0.15) is 0 Å². The van der Waals surface area contributed by atoms with Gasteiger partial charge in [-0.2, -0.15) is 7.82 Å². The van der Waals surface area contributed by atoms with Gasteiger partial charge in [-0.05, 0) is 0 Å². The summed E-state index contributed by atoms with van der Waals surface area (Å²) in [6, 6.07) is 0. The fourth-order valence-electron chi connectivity index (χ4n) is 0. The van der Waals surface area contributed by atoms with Gasteiger partial charge < -0.3 is 35.7 Å². The van der Waals surface area contributed by atoms with Crippen LogP contribution in [0.15, 0.2) is 0 Å². The van der Waals surface area contributed by atoms with Crippen molar-refractivity contribution in [1.29, 1.82) is 0 Å². The molecule has 0 aliphatic heterocycles. The molecule has 0 atom stereocenters. The normalized spacial score (nSPS) is 6.56. The second kappa shape index (κ2) is 11.3. The summed E-state index contributed by atoms with van der Waals surface area (Å²) in [5, 5.41) is 0. The minimum atomic E-state index is -5.39. The van der Waals surface area contributed by atoms with Crippen molar-refractivity contribution in [2.75, 3.05) is 0 Å². The first-order chi connectivity index (χ1) is 2.00. The maximum absolute atomic E-state index is 8.55. The van der Waals surface area contributed by atoms with Crippen molar-refractivity contribution in [2.24, 2.45) is 0 Å². The van der Waals surface area contributed by atoms with Gasteiger partial charge in [0.05, 0.1) is 0 Å². The summed E-state index contributed by atoms with van der Waals surface area (Å²) in [5.41, 5.74) is 0. The van der Waals surface area contributed by atoms with Gasteiger partial charge in [0.15, 0.2) is 0 Å². The summed E-state index contributed by atoms with van der Waals surface area (Å²) in [4.78, 5) is 25.6. The molecule has 6 N–H and O–H groups in total. The summed E-state index contributed by atoms with van der Waals surface area (Å²) in [6.07, 6.45) is 0. The smallest absolute Gasteiger partial charge is 0 e. The van der Waals surface area contributed by atoms with E-state index in [-0.39, 0.29) is 33.5 Å². The van der Waals surface area contributed by atoms with Gasteiger partial charge in [0.2, 0.25) is 0 Å². The molecular weight excluding hydrogens is 207 g/mol. The van der Waals surface area contributed by atoms with Gasteiger partial charge in [-0.25, -0.2) is 0 Å². The zero-order chi connectivity index (χ0) is 4.50. The van der Waals surface area contributed by atoms with E-state index in [9.17, 15) is 0 Å². The Balaban J connectivity index is -0.0000000133. The Morgan fingerprint density at radius 2 is 0.889 bits per heavy atom. The molecule has 0 fully saturated rings. The van der Waals surface area contributed by atoms with Gasteiger partial charge in [-0.3, -0.25) is 0 Å². The Morgan fingerprint density at radius 3 is 0.889 bits per heavy atom. The second-order valence-electron chi connectivity index (χ2n) is 0.447. The maximum Gasteiger partial charge on any atom is 0 e. The van der Waals surface area contributed by atoms with E-state index in [0.29, 0.717) is 0 Å². The van der Waals surface area contributed by atoms with Gasteiger partial charge in [0.25, 0.3) is 0 Å². The van der Waals surface area contributed by atoms with Gasteiger partial charge in [-0.1, -0.05) is 0 Å². The van der Waals surface area contributed by atoms with Crippen LogP contribution in [-0.4, -0.2) is 16.4 Å². The number of hydrogen-bond acceptors (Lipinski definition) is 4. The average Bonchev–Trinajstić information content (AvgIpc) is 0.722. The molecule has 0 saturated carbocycles. The topological polar surface area (TPSA) is 181 Å². The molecule has 0 spiro atoms. The molecule has 7 nitrogen and oxygen atoms in total. The fraction of sp³-hybridized carbons (Fsp3) is 0. The Hall–Kier alpha value is 0.509. The predicted octanol–water partition coefficient (Wildman–Crippen LogP) is -5.30. The molecule has 0 saturated heterocycles. The van der Waals surface area contributed by atoms with E-state index in [1.54, 1.807) is 0 Å². The fourth-order valence-corrected chi connectivity index (χ4v) is 0. The summed E-state index contributed by atoms with van der Waals surface area (Å²) < 4.78 is 8.55. The molecule has 0 heterocycles. The number of phosphoric acid groups is 1. The van der Waals surface area contributed by atoms with Crippen molar-refractivity contribution in [3.8, 4) is 0 Å². The Bertz CT molecular complexity index is 55.1. The van der Waals surface area contributed by atoms with Crippen LogP contribution >= 0.6 is 7.82 Å². The van der Waals surface area contributed by atoms with Crippen LogP contribution in [0.4, 0.5) is 0 Å². The monoisotopic (exact) mass is 212 g/mol.